The van der Waals surface area contributed by atoms with Crippen molar-refractivity contribution in [2.45, 2.75) is 12.2 Å². The summed E-state index contributed by atoms with van der Waals surface area (Å²) in [5.41, 5.74) is 4.69. The average Bonchev–Trinajstić information content (AvgIpc) is 1.63. The zero-order chi connectivity index (χ0) is 7.44. The van der Waals surface area contributed by atoms with Crippen molar-refractivity contribution in [3.8, 4) is 0 Å². The highest BCUT2D eigenvalue weighted by molar-refractivity contribution is 8.14. The molecule has 0 spiro atoms. The predicted octanol–water partition coefficient (Wildman–Crippen LogP) is 0.271. The maximum Gasteiger partial charge on any atom is 0.316 e. The maximum atomic E-state index is 10.0. The summed E-state index contributed by atoms with van der Waals surface area (Å²) < 4.78 is 0. The molecule has 1 amide bonds. The molecule has 0 aromatic carbocycles. The van der Waals surface area contributed by atoms with Crippen molar-refractivity contribution in [1.82, 2.24) is 0 Å². The van der Waals surface area contributed by atoms with Crippen molar-refractivity contribution in [2.24, 2.45) is 5.73 Å². The van der Waals surface area contributed by atoms with E-state index in [0.717, 1.165) is 0 Å². The number of amides is 1. The van der Waals surface area contributed by atoms with Crippen LogP contribution in [0.4, 0.5) is 4.79 Å². The number of hydrogen-bond acceptors (Lipinski definition) is 3. The zero-order valence-electron chi connectivity index (χ0n) is 4.83. The molecule has 1 atom stereocenters. The quantitative estimate of drug-likeness (QED) is 0.590. The van der Waals surface area contributed by atoms with Crippen LogP contribution in [0.3, 0.4) is 0 Å². The maximum absolute atomic E-state index is 10.0. The van der Waals surface area contributed by atoms with Crippen molar-refractivity contribution in [3.05, 3.63) is 0 Å². The number of carbonyl (C=O) groups is 2. The van der Waals surface area contributed by atoms with E-state index in [1.165, 1.54) is 6.92 Å². The molecule has 52 valence electrons. The van der Waals surface area contributed by atoms with Crippen LogP contribution in [0.25, 0.3) is 0 Å². The Balaban J connectivity index is 3.63. The summed E-state index contributed by atoms with van der Waals surface area (Å²) >= 11 is 0.602. The lowest BCUT2D eigenvalue weighted by molar-refractivity contribution is -0.136. The molecule has 0 saturated carbocycles. The third-order valence-corrected chi connectivity index (χ3v) is 1.43. The van der Waals surface area contributed by atoms with Gasteiger partial charge in [-0.05, 0) is 6.92 Å². The first-order valence-electron chi connectivity index (χ1n) is 2.23. The fourth-order valence-corrected chi connectivity index (χ4v) is 0.674. The van der Waals surface area contributed by atoms with Gasteiger partial charge in [0.25, 0.3) is 5.24 Å². The zero-order valence-corrected chi connectivity index (χ0v) is 5.64. The second kappa shape index (κ2) is 3.34. The molecule has 0 aromatic heterocycles. The third-order valence-electron chi connectivity index (χ3n) is 0.641. The van der Waals surface area contributed by atoms with E-state index in [9.17, 15) is 9.59 Å². The average molecular weight is 149 g/mol. The number of carboxylic acid groups (broad SMARTS) is 1. The number of rotatable bonds is 2. The van der Waals surface area contributed by atoms with Crippen LogP contribution in [0, 0.1) is 0 Å². The molecule has 1 unspecified atom stereocenters. The second-order valence-electron chi connectivity index (χ2n) is 1.42. The first-order chi connectivity index (χ1) is 4.04. The standard InChI is InChI=1S/C4H7NO3S/c1-2(3(6)7)9-4(5)8/h2H,1H3,(H2,5,8)(H,6,7). The largest absolute Gasteiger partial charge is 0.480 e. The summed E-state index contributed by atoms with van der Waals surface area (Å²) in [6, 6.07) is 0. The summed E-state index contributed by atoms with van der Waals surface area (Å²) in [5, 5.41) is 6.79. The van der Waals surface area contributed by atoms with Gasteiger partial charge < -0.3 is 10.8 Å². The highest BCUT2D eigenvalue weighted by atomic mass is 32.2. The Morgan fingerprint density at radius 2 is 2.11 bits per heavy atom. The van der Waals surface area contributed by atoms with E-state index in [1.807, 2.05) is 0 Å². The van der Waals surface area contributed by atoms with Gasteiger partial charge >= 0.3 is 5.97 Å². The Morgan fingerprint density at radius 3 is 2.22 bits per heavy atom. The monoisotopic (exact) mass is 149 g/mol. The van der Waals surface area contributed by atoms with E-state index in [4.69, 9.17) is 10.8 Å². The first kappa shape index (κ1) is 8.29. The fraction of sp³-hybridized carbons (Fsp3) is 0.500. The van der Waals surface area contributed by atoms with E-state index in [0.29, 0.717) is 11.8 Å². The van der Waals surface area contributed by atoms with Gasteiger partial charge in [-0.15, -0.1) is 0 Å². The lowest BCUT2D eigenvalue weighted by Crippen LogP contribution is -2.16. The molecule has 0 bridgehead atoms. The smallest absolute Gasteiger partial charge is 0.316 e. The Hall–Kier alpha value is -0.710. The molecular formula is C4H7NO3S. The van der Waals surface area contributed by atoms with Crippen LogP contribution in [0.15, 0.2) is 0 Å². The molecule has 4 nitrogen and oxygen atoms in total. The van der Waals surface area contributed by atoms with E-state index in [-0.39, 0.29) is 0 Å². The number of thioether (sulfide) groups is 1. The minimum absolute atomic E-state index is 0.602. The van der Waals surface area contributed by atoms with Gasteiger partial charge in [0, 0.05) is 0 Å². The molecule has 5 heteroatoms. The van der Waals surface area contributed by atoms with Gasteiger partial charge in [0.05, 0.1) is 0 Å². The SMILES string of the molecule is CC(SC(N)=O)C(=O)O. The summed E-state index contributed by atoms with van der Waals surface area (Å²) in [6.45, 7) is 1.40. The van der Waals surface area contributed by atoms with Crippen molar-refractivity contribution in [1.29, 1.82) is 0 Å². The van der Waals surface area contributed by atoms with Crippen LogP contribution < -0.4 is 5.73 Å². The van der Waals surface area contributed by atoms with Crippen LogP contribution in [-0.4, -0.2) is 21.6 Å². The van der Waals surface area contributed by atoms with Gasteiger partial charge in [-0.2, -0.15) is 0 Å². The molecule has 0 fully saturated rings. The van der Waals surface area contributed by atoms with Crippen molar-refractivity contribution in [2.75, 3.05) is 0 Å². The molecule has 0 rings (SSSR count). The highest BCUT2D eigenvalue weighted by Gasteiger charge is 2.13. The number of hydrogen-bond donors (Lipinski definition) is 2. The molecule has 0 aliphatic heterocycles. The van der Waals surface area contributed by atoms with Crippen LogP contribution in [0.2, 0.25) is 0 Å². The van der Waals surface area contributed by atoms with Gasteiger partial charge in [-0.25, -0.2) is 0 Å². The number of carbonyl (C=O) groups excluding carboxylic acids is 1. The topological polar surface area (TPSA) is 80.4 Å². The molecule has 0 heterocycles. The van der Waals surface area contributed by atoms with E-state index in [1.54, 1.807) is 0 Å². The minimum Gasteiger partial charge on any atom is -0.480 e. The van der Waals surface area contributed by atoms with Gasteiger partial charge in [0.1, 0.15) is 5.25 Å². The molecule has 3 N–H and O–H groups in total. The lowest BCUT2D eigenvalue weighted by atomic mass is 10.5. The fourth-order valence-electron chi connectivity index (χ4n) is 0.225. The van der Waals surface area contributed by atoms with Gasteiger partial charge in [0.2, 0.25) is 0 Å². The lowest BCUT2D eigenvalue weighted by Gasteiger charge is -1.98. The van der Waals surface area contributed by atoms with Gasteiger partial charge in [-0.1, -0.05) is 11.8 Å². The number of nitrogens with two attached hydrogens (primary N) is 1. The molecule has 0 saturated heterocycles. The minimum atomic E-state index is -1.03. The number of aliphatic carboxylic acids is 1. The Labute approximate surface area is 56.4 Å². The number of primary amides is 1. The summed E-state index contributed by atoms with van der Waals surface area (Å²) in [5.74, 6) is -1.03. The third kappa shape index (κ3) is 3.84. The van der Waals surface area contributed by atoms with Crippen molar-refractivity contribution >= 4 is 23.0 Å². The van der Waals surface area contributed by atoms with E-state index in [2.05, 4.69) is 0 Å². The van der Waals surface area contributed by atoms with Gasteiger partial charge in [-0.3, -0.25) is 9.59 Å². The summed E-state index contributed by atoms with van der Waals surface area (Å²) in [4.78, 5) is 20.0. The van der Waals surface area contributed by atoms with Crippen LogP contribution in [0.5, 0.6) is 0 Å². The van der Waals surface area contributed by atoms with Crippen molar-refractivity contribution in [3.63, 3.8) is 0 Å². The van der Waals surface area contributed by atoms with Crippen LogP contribution in [-0.2, 0) is 4.79 Å². The first-order valence-corrected chi connectivity index (χ1v) is 3.11. The van der Waals surface area contributed by atoms with Gasteiger partial charge in [0.15, 0.2) is 0 Å². The molecule has 0 radical (unpaired) electrons. The van der Waals surface area contributed by atoms with E-state index < -0.39 is 16.5 Å². The van der Waals surface area contributed by atoms with E-state index >= 15 is 0 Å². The molecule has 0 aliphatic rings. The molecule has 0 aliphatic carbocycles. The molecular weight excluding hydrogens is 142 g/mol. The van der Waals surface area contributed by atoms with Crippen LogP contribution in [0.1, 0.15) is 6.92 Å². The van der Waals surface area contributed by atoms with Crippen LogP contribution >= 0.6 is 11.8 Å². The molecule has 9 heavy (non-hydrogen) atoms. The Morgan fingerprint density at radius 1 is 1.67 bits per heavy atom. The van der Waals surface area contributed by atoms with Crippen molar-refractivity contribution < 1.29 is 14.7 Å². The Kier molecular flexibility index (Phi) is 3.08. The normalized spacial score (nSPS) is 12.6. The summed E-state index contributed by atoms with van der Waals surface area (Å²) in [6.07, 6.45) is 0. The predicted molar refractivity (Wildman–Crippen MR) is 34.3 cm³/mol. The second-order valence-corrected chi connectivity index (χ2v) is 2.76. The molecule has 0 aromatic rings. The highest BCUT2D eigenvalue weighted by Crippen LogP contribution is 2.08. The number of carboxylic acids is 1. The summed E-state index contributed by atoms with van der Waals surface area (Å²) in [7, 11) is 0. The Bertz CT molecular complexity index is 136.